The van der Waals surface area contributed by atoms with E-state index in [1.165, 1.54) is 11.1 Å². The predicted octanol–water partition coefficient (Wildman–Crippen LogP) is 4.05. The molecule has 1 aliphatic heterocycles. The molecule has 2 aromatic heterocycles. The van der Waals surface area contributed by atoms with Crippen LogP contribution in [0.15, 0.2) is 42.5 Å². The Hall–Kier alpha value is -3.16. The van der Waals surface area contributed by atoms with Gasteiger partial charge in [0.05, 0.1) is 23.9 Å². The number of aryl methyl sites for hydroxylation is 1. The highest BCUT2D eigenvalue weighted by Gasteiger charge is 2.28. The Balaban J connectivity index is 1.62. The fourth-order valence-corrected chi connectivity index (χ4v) is 4.88. The summed E-state index contributed by atoms with van der Waals surface area (Å²) in [6.45, 7) is 6.70. The normalized spacial score (nSPS) is 16.5. The summed E-state index contributed by atoms with van der Waals surface area (Å²) >= 11 is 0. The molecule has 1 fully saturated rings. The van der Waals surface area contributed by atoms with E-state index in [4.69, 9.17) is 15.6 Å². The molecule has 1 saturated heterocycles. The number of nitrogen functional groups attached to an aromatic ring is 1. The number of rotatable bonds is 5. The molecule has 0 spiro atoms. The summed E-state index contributed by atoms with van der Waals surface area (Å²) in [6, 6.07) is 14.5. The molecule has 33 heavy (non-hydrogen) atoms. The molecular formula is C26H31N5O2. The number of para-hydroxylation sites is 1. The lowest BCUT2D eigenvalue weighted by atomic mass is 9.92. The van der Waals surface area contributed by atoms with Gasteiger partial charge in [-0.1, -0.05) is 37.3 Å². The van der Waals surface area contributed by atoms with Gasteiger partial charge in [0.25, 0.3) is 0 Å². The number of ether oxygens (including phenoxy) is 1. The van der Waals surface area contributed by atoms with Crippen molar-refractivity contribution in [2.75, 3.05) is 25.9 Å². The zero-order valence-electron chi connectivity index (χ0n) is 19.5. The van der Waals surface area contributed by atoms with Gasteiger partial charge in [-0.3, -0.25) is 4.90 Å². The first-order valence-electron chi connectivity index (χ1n) is 11.6. The Morgan fingerprint density at radius 1 is 1.12 bits per heavy atom. The summed E-state index contributed by atoms with van der Waals surface area (Å²) in [5.41, 5.74) is 12.0. The molecule has 3 N–H and O–H groups in total. The van der Waals surface area contributed by atoms with Crippen molar-refractivity contribution in [1.29, 1.82) is 0 Å². The maximum absolute atomic E-state index is 10.3. The zero-order chi connectivity index (χ0) is 23.2. The van der Waals surface area contributed by atoms with Gasteiger partial charge in [0.1, 0.15) is 11.3 Å². The molecule has 0 amide bonds. The van der Waals surface area contributed by atoms with Gasteiger partial charge in [0.15, 0.2) is 0 Å². The van der Waals surface area contributed by atoms with Crippen LogP contribution < -0.4 is 10.5 Å². The number of hydrogen-bond donors (Lipinski definition) is 2. The first-order chi connectivity index (χ1) is 15.9. The average molecular weight is 446 g/mol. The smallest absolute Gasteiger partial charge is 0.222 e. The average Bonchev–Trinajstić information content (AvgIpc) is 3.26. The minimum atomic E-state index is -0.557. The third-order valence-corrected chi connectivity index (χ3v) is 6.85. The van der Waals surface area contributed by atoms with Gasteiger partial charge in [-0.25, -0.2) is 4.98 Å². The van der Waals surface area contributed by atoms with Crippen LogP contribution in [0.4, 0.5) is 5.95 Å². The van der Waals surface area contributed by atoms with Crippen LogP contribution in [0.25, 0.3) is 27.7 Å². The minimum absolute atomic E-state index is 0.335. The monoisotopic (exact) mass is 445 g/mol. The Labute approximate surface area is 193 Å². The van der Waals surface area contributed by atoms with Gasteiger partial charge >= 0.3 is 0 Å². The number of piperidine rings is 1. The first kappa shape index (κ1) is 21.7. The van der Waals surface area contributed by atoms with Gasteiger partial charge in [-0.15, -0.1) is 0 Å². The van der Waals surface area contributed by atoms with Crippen molar-refractivity contribution >= 4 is 22.4 Å². The van der Waals surface area contributed by atoms with Crippen molar-refractivity contribution in [3.8, 4) is 17.0 Å². The summed E-state index contributed by atoms with van der Waals surface area (Å²) in [7, 11) is 1.64. The van der Waals surface area contributed by atoms with Crippen LogP contribution in [0.2, 0.25) is 0 Å². The maximum Gasteiger partial charge on any atom is 0.222 e. The molecule has 0 atom stereocenters. The summed E-state index contributed by atoms with van der Waals surface area (Å²) in [5, 5.41) is 16.2. The Morgan fingerprint density at radius 2 is 1.85 bits per heavy atom. The van der Waals surface area contributed by atoms with E-state index >= 15 is 0 Å². The second-order valence-corrected chi connectivity index (χ2v) is 9.23. The van der Waals surface area contributed by atoms with Crippen molar-refractivity contribution in [3.63, 3.8) is 0 Å². The lowest BCUT2D eigenvalue weighted by Gasteiger charge is -2.36. The van der Waals surface area contributed by atoms with Crippen LogP contribution in [-0.4, -0.2) is 50.4 Å². The van der Waals surface area contributed by atoms with E-state index in [9.17, 15) is 5.11 Å². The molecule has 0 unspecified atom stereocenters. The number of likely N-dealkylation sites (tertiary alicyclic amines) is 1. The fraction of sp³-hybridized carbons (Fsp3) is 0.385. The molecule has 0 saturated carbocycles. The van der Waals surface area contributed by atoms with Crippen molar-refractivity contribution in [1.82, 2.24) is 19.5 Å². The largest absolute Gasteiger partial charge is 0.494 e. The minimum Gasteiger partial charge on any atom is -0.494 e. The molecule has 5 rings (SSSR count). The maximum atomic E-state index is 10.3. The van der Waals surface area contributed by atoms with Gasteiger partial charge < -0.3 is 15.6 Å². The van der Waals surface area contributed by atoms with Crippen LogP contribution in [-0.2, 0) is 13.0 Å². The second kappa shape index (κ2) is 8.32. The lowest BCUT2D eigenvalue weighted by Crippen LogP contribution is -2.42. The zero-order valence-corrected chi connectivity index (χ0v) is 19.5. The number of nitrogens with zero attached hydrogens (tertiary/aromatic N) is 4. The Kier molecular flexibility index (Phi) is 5.46. The van der Waals surface area contributed by atoms with Crippen LogP contribution in [0, 0.1) is 0 Å². The molecular weight excluding hydrogens is 414 g/mol. The number of anilines is 1. The Morgan fingerprint density at radius 3 is 2.58 bits per heavy atom. The fourth-order valence-electron chi connectivity index (χ4n) is 4.88. The summed E-state index contributed by atoms with van der Waals surface area (Å²) in [6.07, 6.45) is 2.49. The highest BCUT2D eigenvalue weighted by Crippen LogP contribution is 2.34. The molecule has 0 bridgehead atoms. The standard InChI is InChI=1S/C26H31N5O2/c1-4-17-7-5-8-18(16-30-13-11-26(2,32)12-14-30)23(17)20-15-21-19-9-6-10-22(33-3)24(19)28-25(27)31(21)29-20/h5-10,15,32H,4,11-14,16H2,1-3H3,(H2,27,28). The van der Waals surface area contributed by atoms with Crippen molar-refractivity contribution < 1.29 is 9.84 Å². The molecule has 2 aromatic carbocycles. The van der Waals surface area contributed by atoms with Crippen molar-refractivity contribution in [3.05, 3.63) is 53.6 Å². The number of hydrogen-bond acceptors (Lipinski definition) is 6. The second-order valence-electron chi connectivity index (χ2n) is 9.23. The van der Waals surface area contributed by atoms with E-state index in [1.54, 1.807) is 11.6 Å². The SMILES string of the molecule is CCc1cccc(CN2CCC(C)(O)CC2)c1-c1cc2c3cccc(OC)c3nc(N)n2n1. The van der Waals surface area contributed by atoms with E-state index in [0.29, 0.717) is 11.7 Å². The molecule has 4 aromatic rings. The molecule has 3 heterocycles. The first-order valence-corrected chi connectivity index (χ1v) is 11.6. The van der Waals surface area contributed by atoms with Crippen LogP contribution in [0.3, 0.4) is 0 Å². The van der Waals surface area contributed by atoms with Crippen LogP contribution in [0.1, 0.15) is 37.8 Å². The van der Waals surface area contributed by atoms with E-state index < -0.39 is 5.60 Å². The Bertz CT molecular complexity index is 1320. The molecule has 7 heteroatoms. The lowest BCUT2D eigenvalue weighted by molar-refractivity contribution is -0.00726. The molecule has 1 aliphatic rings. The molecule has 0 radical (unpaired) electrons. The number of benzene rings is 2. The van der Waals surface area contributed by atoms with Crippen molar-refractivity contribution in [2.45, 2.75) is 45.3 Å². The highest BCUT2D eigenvalue weighted by atomic mass is 16.5. The van der Waals surface area contributed by atoms with E-state index in [0.717, 1.165) is 66.6 Å². The van der Waals surface area contributed by atoms with Crippen molar-refractivity contribution in [2.24, 2.45) is 0 Å². The van der Waals surface area contributed by atoms with Crippen LogP contribution >= 0.6 is 0 Å². The number of methoxy groups -OCH3 is 1. The number of aromatic nitrogens is 3. The third kappa shape index (κ3) is 3.92. The summed E-state index contributed by atoms with van der Waals surface area (Å²) < 4.78 is 7.23. The third-order valence-electron chi connectivity index (χ3n) is 6.85. The number of nitrogens with two attached hydrogens (primary N) is 1. The van der Waals surface area contributed by atoms with E-state index in [-0.39, 0.29) is 0 Å². The van der Waals surface area contributed by atoms with Gasteiger partial charge in [-0.2, -0.15) is 9.61 Å². The number of fused-ring (bicyclic) bond motifs is 3. The highest BCUT2D eigenvalue weighted by molar-refractivity contribution is 5.98. The summed E-state index contributed by atoms with van der Waals surface area (Å²) in [5.74, 6) is 1.03. The molecule has 172 valence electrons. The summed E-state index contributed by atoms with van der Waals surface area (Å²) in [4.78, 5) is 6.99. The van der Waals surface area contributed by atoms with E-state index in [1.807, 2.05) is 25.1 Å². The molecule has 7 nitrogen and oxygen atoms in total. The van der Waals surface area contributed by atoms with Gasteiger partial charge in [0.2, 0.25) is 5.95 Å². The van der Waals surface area contributed by atoms with Gasteiger partial charge in [-0.05, 0) is 49.4 Å². The quantitative estimate of drug-likeness (QED) is 0.482. The molecule has 0 aliphatic carbocycles. The topological polar surface area (TPSA) is 88.9 Å². The van der Waals surface area contributed by atoms with Crippen LogP contribution in [0.5, 0.6) is 5.75 Å². The number of aliphatic hydroxyl groups is 1. The predicted molar refractivity (Wildman–Crippen MR) is 131 cm³/mol. The van der Waals surface area contributed by atoms with Gasteiger partial charge in [0, 0.05) is 30.6 Å². The van der Waals surface area contributed by atoms with E-state index in [2.05, 4.69) is 41.1 Å².